The second-order valence-electron chi connectivity index (χ2n) is 5.87. The number of nitrogens with two attached hydrogens (primary N) is 1. The molecule has 0 fully saturated rings. The number of aryl methyl sites for hydroxylation is 1. The summed E-state index contributed by atoms with van der Waals surface area (Å²) in [6.07, 6.45) is 0. The van der Waals surface area contributed by atoms with Crippen molar-refractivity contribution in [1.29, 1.82) is 0 Å². The van der Waals surface area contributed by atoms with Gasteiger partial charge in [0.1, 0.15) is 17.4 Å². The van der Waals surface area contributed by atoms with E-state index in [2.05, 4.69) is 20.3 Å². The Morgan fingerprint density at radius 2 is 1.85 bits per heavy atom. The Morgan fingerprint density at radius 3 is 2.59 bits per heavy atom. The molecule has 3 N–H and O–H groups in total. The molecule has 6 nitrogen and oxygen atoms in total. The first-order chi connectivity index (χ1) is 13.0. The predicted octanol–water partition coefficient (Wildman–Crippen LogP) is 4.09. The van der Waals surface area contributed by atoms with Crippen molar-refractivity contribution in [3.8, 4) is 5.75 Å². The number of benzene rings is 2. The van der Waals surface area contributed by atoms with Gasteiger partial charge in [-0.15, -0.1) is 11.8 Å². The van der Waals surface area contributed by atoms with Crippen LogP contribution in [0.25, 0.3) is 0 Å². The molecule has 3 rings (SSSR count). The van der Waals surface area contributed by atoms with Crippen LogP contribution in [0.15, 0.2) is 42.5 Å². The van der Waals surface area contributed by atoms with Gasteiger partial charge in [0, 0.05) is 17.0 Å². The van der Waals surface area contributed by atoms with Crippen LogP contribution in [0, 0.1) is 12.7 Å². The van der Waals surface area contributed by atoms with Crippen LogP contribution in [0.1, 0.15) is 17.0 Å². The number of hydrogen-bond acceptors (Lipinski definition) is 7. The van der Waals surface area contributed by atoms with Gasteiger partial charge in [0.05, 0.1) is 12.9 Å². The lowest BCUT2D eigenvalue weighted by atomic mass is 10.2. The average Bonchev–Trinajstić information content (AvgIpc) is 2.63. The molecular weight excluding hydrogens is 365 g/mol. The van der Waals surface area contributed by atoms with Gasteiger partial charge in [0.15, 0.2) is 0 Å². The fourth-order valence-electron chi connectivity index (χ4n) is 2.44. The zero-order chi connectivity index (χ0) is 19.2. The van der Waals surface area contributed by atoms with E-state index < -0.39 is 0 Å². The summed E-state index contributed by atoms with van der Waals surface area (Å²) in [5, 5.41) is 3.13. The van der Waals surface area contributed by atoms with Crippen molar-refractivity contribution >= 4 is 29.3 Å². The minimum absolute atomic E-state index is 0.151. The van der Waals surface area contributed by atoms with E-state index in [-0.39, 0.29) is 11.8 Å². The van der Waals surface area contributed by atoms with E-state index in [4.69, 9.17) is 10.5 Å². The number of nitrogen functional groups attached to an aromatic ring is 1. The smallest absolute Gasteiger partial charge is 0.232 e. The Morgan fingerprint density at radius 1 is 1.07 bits per heavy atom. The van der Waals surface area contributed by atoms with Gasteiger partial charge < -0.3 is 15.8 Å². The second kappa shape index (κ2) is 8.68. The van der Waals surface area contributed by atoms with Gasteiger partial charge in [-0.2, -0.15) is 15.0 Å². The molecular formula is C19H20FN5OS. The molecule has 0 saturated heterocycles. The molecule has 140 valence electrons. The van der Waals surface area contributed by atoms with Crippen molar-refractivity contribution in [2.24, 2.45) is 0 Å². The molecule has 1 aromatic heterocycles. The lowest BCUT2D eigenvalue weighted by molar-refractivity contribution is 0.410. The maximum atomic E-state index is 13.4. The second-order valence-corrected chi connectivity index (χ2v) is 6.86. The first kappa shape index (κ1) is 18.9. The van der Waals surface area contributed by atoms with E-state index in [1.807, 2.05) is 31.2 Å². The molecule has 0 unspecified atom stereocenters. The van der Waals surface area contributed by atoms with Crippen molar-refractivity contribution in [1.82, 2.24) is 15.0 Å². The number of nitrogens with zero attached hydrogens (tertiary/aromatic N) is 3. The summed E-state index contributed by atoms with van der Waals surface area (Å²) in [7, 11) is 1.57. The standard InChI is InChI=1S/C19H20FN5OS/c1-12-3-6-15(7-4-12)22-19-24-17(23-18(21)25-19)11-27-10-13-9-14(20)5-8-16(13)26-2/h3-9H,10-11H2,1-2H3,(H3,21,22,23,24,25). The number of halogens is 1. The van der Waals surface area contributed by atoms with Gasteiger partial charge in [0.25, 0.3) is 0 Å². The van der Waals surface area contributed by atoms with Gasteiger partial charge in [-0.3, -0.25) is 0 Å². The fourth-order valence-corrected chi connectivity index (χ4v) is 3.30. The predicted molar refractivity (Wildman–Crippen MR) is 107 cm³/mol. The van der Waals surface area contributed by atoms with E-state index >= 15 is 0 Å². The fraction of sp³-hybridized carbons (Fsp3) is 0.211. The highest BCUT2D eigenvalue weighted by Crippen LogP contribution is 2.25. The van der Waals surface area contributed by atoms with Crippen LogP contribution in [0.4, 0.5) is 22.0 Å². The Balaban J connectivity index is 1.66. The minimum atomic E-state index is -0.291. The van der Waals surface area contributed by atoms with Crippen LogP contribution >= 0.6 is 11.8 Å². The Bertz CT molecular complexity index is 920. The van der Waals surface area contributed by atoms with Crippen LogP contribution < -0.4 is 15.8 Å². The first-order valence-electron chi connectivity index (χ1n) is 8.28. The zero-order valence-corrected chi connectivity index (χ0v) is 15.9. The first-order valence-corrected chi connectivity index (χ1v) is 9.43. The van der Waals surface area contributed by atoms with Crippen molar-refractivity contribution in [3.63, 3.8) is 0 Å². The molecule has 0 saturated carbocycles. The number of methoxy groups -OCH3 is 1. The summed E-state index contributed by atoms with van der Waals surface area (Å²) in [4.78, 5) is 12.7. The molecule has 0 aliphatic heterocycles. The van der Waals surface area contributed by atoms with E-state index in [1.54, 1.807) is 24.9 Å². The van der Waals surface area contributed by atoms with Crippen molar-refractivity contribution in [2.45, 2.75) is 18.4 Å². The van der Waals surface area contributed by atoms with Crippen LogP contribution in [0.5, 0.6) is 5.75 Å². The number of rotatable bonds is 7. The zero-order valence-electron chi connectivity index (χ0n) is 15.1. The number of anilines is 3. The molecule has 8 heteroatoms. The average molecular weight is 385 g/mol. The third-order valence-electron chi connectivity index (χ3n) is 3.74. The number of nitrogens with one attached hydrogen (secondary N) is 1. The maximum absolute atomic E-state index is 13.4. The molecule has 0 radical (unpaired) electrons. The van der Waals surface area contributed by atoms with Gasteiger partial charge in [-0.1, -0.05) is 17.7 Å². The lowest BCUT2D eigenvalue weighted by Gasteiger charge is -2.09. The summed E-state index contributed by atoms with van der Waals surface area (Å²) < 4.78 is 18.7. The van der Waals surface area contributed by atoms with Crippen molar-refractivity contribution in [2.75, 3.05) is 18.2 Å². The van der Waals surface area contributed by atoms with Crippen LogP contribution in [-0.4, -0.2) is 22.1 Å². The monoisotopic (exact) mass is 385 g/mol. The molecule has 0 aliphatic carbocycles. The summed E-state index contributed by atoms with van der Waals surface area (Å²) in [5.74, 6) is 2.53. The summed E-state index contributed by atoms with van der Waals surface area (Å²) in [6, 6.07) is 12.3. The van der Waals surface area contributed by atoms with E-state index in [0.29, 0.717) is 29.0 Å². The summed E-state index contributed by atoms with van der Waals surface area (Å²) >= 11 is 1.54. The Kier molecular flexibility index (Phi) is 6.08. The van der Waals surface area contributed by atoms with Gasteiger partial charge >= 0.3 is 0 Å². The highest BCUT2D eigenvalue weighted by molar-refractivity contribution is 7.97. The lowest BCUT2D eigenvalue weighted by Crippen LogP contribution is -2.06. The number of thioether (sulfide) groups is 1. The third kappa shape index (κ3) is 5.30. The number of aromatic nitrogens is 3. The highest BCUT2D eigenvalue weighted by atomic mass is 32.2. The molecule has 0 bridgehead atoms. The highest BCUT2D eigenvalue weighted by Gasteiger charge is 2.08. The van der Waals surface area contributed by atoms with E-state index in [9.17, 15) is 4.39 Å². The minimum Gasteiger partial charge on any atom is -0.496 e. The quantitative estimate of drug-likeness (QED) is 0.633. The number of hydrogen-bond donors (Lipinski definition) is 2. The molecule has 0 aliphatic rings. The summed E-state index contributed by atoms with van der Waals surface area (Å²) in [6.45, 7) is 2.02. The molecule has 0 spiro atoms. The molecule has 0 amide bonds. The van der Waals surface area contributed by atoms with Crippen molar-refractivity contribution in [3.05, 3.63) is 65.2 Å². The van der Waals surface area contributed by atoms with Crippen LogP contribution in [0.2, 0.25) is 0 Å². The Hall–Kier alpha value is -2.87. The third-order valence-corrected chi connectivity index (χ3v) is 4.72. The molecule has 1 heterocycles. The largest absolute Gasteiger partial charge is 0.496 e. The maximum Gasteiger partial charge on any atom is 0.232 e. The van der Waals surface area contributed by atoms with Crippen LogP contribution in [-0.2, 0) is 11.5 Å². The molecule has 0 atom stereocenters. The van der Waals surface area contributed by atoms with E-state index in [0.717, 1.165) is 11.3 Å². The number of ether oxygens (including phenoxy) is 1. The molecule has 27 heavy (non-hydrogen) atoms. The molecule has 3 aromatic rings. The SMILES string of the molecule is COc1ccc(F)cc1CSCc1nc(N)nc(Nc2ccc(C)cc2)n1. The Labute approximate surface area is 161 Å². The normalized spacial score (nSPS) is 10.6. The van der Waals surface area contributed by atoms with Crippen molar-refractivity contribution < 1.29 is 9.13 Å². The van der Waals surface area contributed by atoms with Gasteiger partial charge in [-0.05, 0) is 37.3 Å². The topological polar surface area (TPSA) is 86.0 Å². The van der Waals surface area contributed by atoms with Gasteiger partial charge in [-0.25, -0.2) is 4.39 Å². The summed E-state index contributed by atoms with van der Waals surface area (Å²) in [5.41, 5.74) is 8.62. The van der Waals surface area contributed by atoms with Crippen LogP contribution in [0.3, 0.4) is 0 Å². The van der Waals surface area contributed by atoms with E-state index in [1.165, 1.54) is 17.7 Å². The van der Waals surface area contributed by atoms with Gasteiger partial charge in [0.2, 0.25) is 11.9 Å². The molecule has 2 aromatic carbocycles.